The van der Waals surface area contributed by atoms with E-state index in [1.807, 2.05) is 24.3 Å². The third-order valence-electron chi connectivity index (χ3n) is 4.80. The van der Waals surface area contributed by atoms with Gasteiger partial charge in [0.15, 0.2) is 0 Å². The fraction of sp³-hybridized carbons (Fsp3) is 0.333. The summed E-state index contributed by atoms with van der Waals surface area (Å²) in [7, 11) is 0. The zero-order valence-electron chi connectivity index (χ0n) is 12.7. The molecule has 0 amide bonds. The predicted molar refractivity (Wildman–Crippen MR) is 86.0 cm³/mol. The summed E-state index contributed by atoms with van der Waals surface area (Å²) in [5.74, 6) is 0. The van der Waals surface area contributed by atoms with Crippen molar-refractivity contribution in [3.05, 3.63) is 51.3 Å². The first-order chi connectivity index (χ1) is 10.5. The first kappa shape index (κ1) is 13.1. The molecule has 22 heavy (non-hydrogen) atoms. The molecule has 0 unspecified atom stereocenters. The smallest absolute Gasteiger partial charge is 0.260 e. The van der Waals surface area contributed by atoms with Crippen LogP contribution in [-0.4, -0.2) is 9.38 Å². The molecule has 0 aliphatic heterocycles. The number of benzene rings is 1. The Morgan fingerprint density at radius 2 is 2.05 bits per heavy atom. The monoisotopic (exact) mass is 291 g/mol. The van der Waals surface area contributed by atoms with Gasteiger partial charge in [0, 0.05) is 5.56 Å². The maximum atomic E-state index is 13.0. The average molecular weight is 291 g/mol. The van der Waals surface area contributed by atoms with Crippen molar-refractivity contribution in [2.24, 2.45) is 5.41 Å². The summed E-state index contributed by atoms with van der Waals surface area (Å²) in [6, 6.07) is 10.0. The minimum absolute atomic E-state index is 0.0224. The Labute approximate surface area is 128 Å². The van der Waals surface area contributed by atoms with E-state index in [9.17, 15) is 10.1 Å². The van der Waals surface area contributed by atoms with Crippen LogP contribution in [0.4, 0.5) is 0 Å². The van der Waals surface area contributed by atoms with Gasteiger partial charge in [-0.25, -0.2) is 0 Å². The molecule has 2 heterocycles. The molecule has 110 valence electrons. The van der Waals surface area contributed by atoms with Crippen LogP contribution >= 0.6 is 0 Å². The number of imidazole rings is 1. The maximum Gasteiger partial charge on any atom is 0.260 e. The van der Waals surface area contributed by atoms with Gasteiger partial charge in [-0.3, -0.25) is 9.20 Å². The summed E-state index contributed by atoms with van der Waals surface area (Å²) in [4.78, 5) is 16.3. The van der Waals surface area contributed by atoms with E-state index in [0.29, 0.717) is 11.2 Å². The number of nitriles is 1. The second kappa shape index (κ2) is 4.23. The molecule has 0 atom stereocenters. The molecule has 2 aromatic heterocycles. The lowest BCUT2D eigenvalue weighted by molar-refractivity contribution is 0.313. The molecule has 4 rings (SSSR count). The number of para-hydroxylation sites is 2. The Balaban J connectivity index is 2.22. The minimum atomic E-state index is 0.0224. The maximum absolute atomic E-state index is 13.0. The topological polar surface area (TPSA) is 61.1 Å². The van der Waals surface area contributed by atoms with Gasteiger partial charge in [-0.15, -0.1) is 0 Å². The van der Waals surface area contributed by atoms with Gasteiger partial charge in [-0.05, 0) is 42.4 Å². The number of aromatic amines is 1. The van der Waals surface area contributed by atoms with Crippen molar-refractivity contribution in [3.63, 3.8) is 0 Å². The van der Waals surface area contributed by atoms with Crippen molar-refractivity contribution in [3.8, 4) is 6.07 Å². The molecule has 1 aromatic carbocycles. The number of nitrogens with zero attached hydrogens (tertiary/aromatic N) is 2. The molecular formula is C18H17N3O. The summed E-state index contributed by atoms with van der Waals surface area (Å²) in [6.07, 6.45) is 2.54. The number of rotatable bonds is 0. The van der Waals surface area contributed by atoms with Crippen LogP contribution in [0.5, 0.6) is 0 Å². The van der Waals surface area contributed by atoms with E-state index in [1.165, 1.54) is 0 Å². The van der Waals surface area contributed by atoms with Gasteiger partial charge in [0.05, 0.1) is 16.6 Å². The molecule has 0 fully saturated rings. The summed E-state index contributed by atoms with van der Waals surface area (Å²) in [6.45, 7) is 4.37. The Kier molecular flexibility index (Phi) is 2.53. The number of H-pyrrole nitrogens is 1. The van der Waals surface area contributed by atoms with E-state index in [-0.39, 0.29) is 11.0 Å². The van der Waals surface area contributed by atoms with E-state index >= 15 is 0 Å². The van der Waals surface area contributed by atoms with Crippen LogP contribution in [-0.2, 0) is 12.8 Å². The van der Waals surface area contributed by atoms with Crippen molar-refractivity contribution in [2.45, 2.75) is 33.1 Å². The number of hydrogen-bond donors (Lipinski definition) is 1. The van der Waals surface area contributed by atoms with E-state index < -0.39 is 0 Å². The number of pyridine rings is 1. The van der Waals surface area contributed by atoms with Gasteiger partial charge in [0.1, 0.15) is 11.7 Å². The lowest BCUT2D eigenvalue weighted by atomic mass is 9.74. The molecule has 1 aliphatic rings. The predicted octanol–water partition coefficient (Wildman–Crippen LogP) is 3.17. The second-order valence-electron chi connectivity index (χ2n) is 6.92. The fourth-order valence-electron chi connectivity index (χ4n) is 3.63. The van der Waals surface area contributed by atoms with Gasteiger partial charge in [0.25, 0.3) is 5.56 Å². The second-order valence-corrected chi connectivity index (χ2v) is 6.92. The lowest BCUT2D eigenvalue weighted by Gasteiger charge is -2.31. The van der Waals surface area contributed by atoms with Gasteiger partial charge >= 0.3 is 0 Å². The van der Waals surface area contributed by atoms with Gasteiger partial charge in [0.2, 0.25) is 0 Å². The molecule has 1 aliphatic carbocycles. The zero-order chi connectivity index (χ0) is 15.5. The van der Waals surface area contributed by atoms with E-state index in [2.05, 4.69) is 24.9 Å². The molecule has 1 N–H and O–H groups in total. The molecule has 4 heteroatoms. The zero-order valence-corrected chi connectivity index (χ0v) is 12.7. The van der Waals surface area contributed by atoms with Crippen LogP contribution in [0.2, 0.25) is 0 Å². The highest BCUT2D eigenvalue weighted by molar-refractivity contribution is 5.83. The minimum Gasteiger partial charge on any atom is -0.338 e. The Bertz CT molecular complexity index is 1010. The first-order valence-electron chi connectivity index (χ1n) is 7.59. The largest absolute Gasteiger partial charge is 0.338 e. The first-order valence-corrected chi connectivity index (χ1v) is 7.59. The summed E-state index contributed by atoms with van der Waals surface area (Å²) in [5.41, 5.74) is 4.87. The van der Waals surface area contributed by atoms with Crippen molar-refractivity contribution in [1.29, 1.82) is 5.26 Å². The normalized spacial score (nSPS) is 16.6. The molecular weight excluding hydrogens is 274 g/mol. The molecule has 4 nitrogen and oxygen atoms in total. The van der Waals surface area contributed by atoms with Crippen LogP contribution < -0.4 is 5.56 Å². The highest BCUT2D eigenvalue weighted by atomic mass is 16.1. The van der Waals surface area contributed by atoms with Crippen molar-refractivity contribution in [2.75, 3.05) is 0 Å². The highest BCUT2D eigenvalue weighted by Crippen LogP contribution is 2.35. The Morgan fingerprint density at radius 3 is 2.82 bits per heavy atom. The van der Waals surface area contributed by atoms with Crippen LogP contribution in [0.25, 0.3) is 16.7 Å². The van der Waals surface area contributed by atoms with Crippen molar-refractivity contribution in [1.82, 2.24) is 9.38 Å². The molecule has 0 radical (unpaired) electrons. The van der Waals surface area contributed by atoms with Crippen LogP contribution in [0.15, 0.2) is 29.1 Å². The molecule has 0 spiro atoms. The van der Waals surface area contributed by atoms with Gasteiger partial charge < -0.3 is 4.98 Å². The summed E-state index contributed by atoms with van der Waals surface area (Å²) in [5, 5.41) is 9.65. The molecule has 0 saturated carbocycles. The standard InChI is InChI=1S/C18H17N3O/c1-18(2)8-7-11-12(9-18)17(22)21-15-6-4-3-5-14(15)20-16(21)13(11)10-19/h3-6,20H,7-9H2,1-2H3. The third-order valence-corrected chi connectivity index (χ3v) is 4.80. The molecule has 0 saturated heterocycles. The molecule has 3 aromatic rings. The molecule has 0 bridgehead atoms. The highest BCUT2D eigenvalue weighted by Gasteiger charge is 2.31. The number of aromatic nitrogens is 2. The van der Waals surface area contributed by atoms with Gasteiger partial charge in [-0.2, -0.15) is 5.26 Å². The SMILES string of the molecule is CC1(C)CCc2c(c(=O)n3c([nH]c4ccccc43)c2C#N)C1. The summed E-state index contributed by atoms with van der Waals surface area (Å²) >= 11 is 0. The third kappa shape index (κ3) is 1.66. The quantitative estimate of drug-likeness (QED) is 0.691. The van der Waals surface area contributed by atoms with E-state index in [1.54, 1.807) is 4.40 Å². The van der Waals surface area contributed by atoms with Crippen molar-refractivity contribution < 1.29 is 0 Å². The van der Waals surface area contributed by atoms with E-state index in [0.717, 1.165) is 41.4 Å². The Morgan fingerprint density at radius 1 is 1.27 bits per heavy atom. The van der Waals surface area contributed by atoms with Crippen molar-refractivity contribution >= 4 is 16.7 Å². The van der Waals surface area contributed by atoms with E-state index in [4.69, 9.17) is 0 Å². The van der Waals surface area contributed by atoms with Crippen LogP contribution in [0, 0.1) is 16.7 Å². The summed E-state index contributed by atoms with van der Waals surface area (Å²) < 4.78 is 1.67. The number of fused-ring (bicyclic) bond motifs is 4. The Hall–Kier alpha value is -2.54. The van der Waals surface area contributed by atoms with Crippen LogP contribution in [0.3, 0.4) is 0 Å². The van der Waals surface area contributed by atoms with Gasteiger partial charge in [-0.1, -0.05) is 26.0 Å². The lowest BCUT2D eigenvalue weighted by Crippen LogP contribution is -2.31. The number of nitrogens with one attached hydrogen (secondary N) is 1. The van der Waals surface area contributed by atoms with Crippen LogP contribution in [0.1, 0.15) is 37.0 Å². The number of hydrogen-bond acceptors (Lipinski definition) is 2. The average Bonchev–Trinajstić information content (AvgIpc) is 2.87. The fourth-order valence-corrected chi connectivity index (χ4v) is 3.63.